The lowest BCUT2D eigenvalue weighted by Crippen LogP contribution is -2.46. The highest BCUT2D eigenvalue weighted by Crippen LogP contribution is 2.67. The van der Waals surface area contributed by atoms with Gasteiger partial charge in [-0.15, -0.1) is 0 Å². The van der Waals surface area contributed by atoms with Crippen molar-refractivity contribution in [2.75, 3.05) is 20.3 Å². The van der Waals surface area contributed by atoms with Gasteiger partial charge < -0.3 is 60.2 Å². The van der Waals surface area contributed by atoms with Crippen LogP contribution in [0.15, 0.2) is 29.0 Å². The molecule has 5 unspecified atom stereocenters. The van der Waals surface area contributed by atoms with Gasteiger partial charge in [0, 0.05) is 7.11 Å². The number of aliphatic hydroxyl groups is 3. The van der Waals surface area contributed by atoms with Crippen LogP contribution in [0.4, 0.5) is 5.82 Å². The first-order valence-electron chi connectivity index (χ1n) is 15.1. The molecule has 29 heteroatoms. The molecule has 3 aliphatic heterocycles. The summed E-state index contributed by atoms with van der Waals surface area (Å²) >= 11 is 0. The van der Waals surface area contributed by atoms with E-state index < -0.39 is 91.3 Å². The number of hydrogen-bond donors (Lipinski definition) is 9. The molecule has 0 radical (unpaired) electrons. The number of aliphatic imine (C=N–C) groups is 1. The van der Waals surface area contributed by atoms with Crippen molar-refractivity contribution in [1.29, 1.82) is 0 Å². The zero-order valence-electron chi connectivity index (χ0n) is 27.7. The van der Waals surface area contributed by atoms with Crippen LogP contribution < -0.4 is 21.2 Å². The topological polar surface area (TPSA) is 360 Å². The van der Waals surface area contributed by atoms with Gasteiger partial charge >= 0.3 is 29.3 Å². The van der Waals surface area contributed by atoms with Crippen molar-refractivity contribution < 1.29 is 80.1 Å². The minimum atomic E-state index is -5.94. The van der Waals surface area contributed by atoms with E-state index >= 15 is 0 Å². The van der Waals surface area contributed by atoms with Crippen LogP contribution in [0.3, 0.4) is 0 Å². The van der Waals surface area contributed by atoms with E-state index in [9.17, 15) is 48.5 Å². The lowest BCUT2D eigenvalue weighted by Gasteiger charge is -2.21. The lowest BCUT2D eigenvalue weighted by molar-refractivity contribution is -0.754. The fraction of sp³-hybridized carbons (Fsp3) is 0.542. The molecular weight excluding hydrogens is 779 g/mol. The van der Waals surface area contributed by atoms with Crippen molar-refractivity contribution in [3.63, 3.8) is 0 Å². The van der Waals surface area contributed by atoms with Gasteiger partial charge in [0.15, 0.2) is 29.4 Å². The number of aliphatic hydroxyl groups excluding tert-OH is 3. The van der Waals surface area contributed by atoms with E-state index in [1.54, 1.807) is 11.6 Å². The maximum absolute atomic E-state index is 12.6. The summed E-state index contributed by atoms with van der Waals surface area (Å²) < 4.78 is 76.1. The number of fused-ring (bicyclic) bond motifs is 2. The summed E-state index contributed by atoms with van der Waals surface area (Å²) in [5, 5.41) is 34.9. The van der Waals surface area contributed by atoms with Crippen LogP contribution in [0, 0.1) is 6.92 Å². The van der Waals surface area contributed by atoms with E-state index in [-0.39, 0.29) is 28.8 Å². The number of aryl methyl sites for hydroxylation is 2. The van der Waals surface area contributed by atoms with Crippen molar-refractivity contribution in [2.45, 2.75) is 56.0 Å². The molecular formula is C24H35N9O17P3+. The molecule has 26 nitrogen and oxygen atoms in total. The number of phosphoric acid groups is 3. The van der Waals surface area contributed by atoms with Crippen LogP contribution in [0.5, 0.6) is 0 Å². The van der Waals surface area contributed by atoms with Gasteiger partial charge in [-0.25, -0.2) is 28.2 Å². The number of phosphoric ester groups is 2. The van der Waals surface area contributed by atoms with Crippen LogP contribution in [0.25, 0.3) is 16.9 Å². The highest BCUT2D eigenvalue weighted by atomic mass is 31.3. The van der Waals surface area contributed by atoms with Gasteiger partial charge in [0.1, 0.15) is 42.4 Å². The maximum Gasteiger partial charge on any atom is 0.490 e. The fourth-order valence-electron chi connectivity index (χ4n) is 5.93. The van der Waals surface area contributed by atoms with Crippen LogP contribution in [0.1, 0.15) is 24.0 Å². The molecule has 0 amide bonds. The minimum Gasteiger partial charge on any atom is -0.387 e. The summed E-state index contributed by atoms with van der Waals surface area (Å²) in [4.78, 5) is 57.3. The number of aromatic amines is 1. The maximum atomic E-state index is 12.6. The summed E-state index contributed by atoms with van der Waals surface area (Å²) in [7, 11) is -14.4. The molecule has 2 fully saturated rings. The Labute approximate surface area is 296 Å². The first-order valence-corrected chi connectivity index (χ1v) is 19.6. The van der Waals surface area contributed by atoms with E-state index in [4.69, 9.17) is 24.5 Å². The smallest absolute Gasteiger partial charge is 0.387 e. The van der Waals surface area contributed by atoms with E-state index in [0.717, 1.165) is 0 Å². The van der Waals surface area contributed by atoms with E-state index in [0.29, 0.717) is 11.4 Å². The van der Waals surface area contributed by atoms with Gasteiger partial charge in [-0.05, 0) is 6.92 Å². The first kappa shape index (κ1) is 39.4. The second kappa shape index (κ2) is 14.4. The van der Waals surface area contributed by atoms with Crippen molar-refractivity contribution in [1.82, 2.24) is 29.4 Å². The molecule has 53 heavy (non-hydrogen) atoms. The lowest BCUT2D eigenvalue weighted by atomic mass is 10.1. The Balaban J connectivity index is 1.05. The van der Waals surface area contributed by atoms with Gasteiger partial charge in [0.25, 0.3) is 11.5 Å². The van der Waals surface area contributed by atoms with Crippen molar-refractivity contribution in [2.24, 2.45) is 17.8 Å². The number of H-pyrrole nitrogens is 1. The molecule has 0 saturated carbocycles. The molecule has 3 aromatic heterocycles. The summed E-state index contributed by atoms with van der Waals surface area (Å²) in [6.07, 6.45) is -8.97. The number of rotatable bonds is 13. The Morgan fingerprint density at radius 1 is 1.02 bits per heavy atom. The predicted molar refractivity (Wildman–Crippen MR) is 172 cm³/mol. The second-order valence-electron chi connectivity index (χ2n) is 11.8. The third-order valence-corrected chi connectivity index (χ3v) is 12.4. The van der Waals surface area contributed by atoms with Crippen LogP contribution >= 0.6 is 23.5 Å². The van der Waals surface area contributed by atoms with Crippen molar-refractivity contribution in [3.05, 3.63) is 41.1 Å². The number of nitrogens with two attached hydrogens (primary N) is 1. The summed E-state index contributed by atoms with van der Waals surface area (Å²) in [5.41, 5.74) is 6.03. The third kappa shape index (κ3) is 7.95. The molecule has 3 aliphatic rings. The molecule has 0 aromatic carbocycles. The number of hydrogen-bond acceptors (Lipinski definition) is 19. The molecule has 0 bridgehead atoms. The molecule has 6 heterocycles. The molecule has 0 spiro atoms. The van der Waals surface area contributed by atoms with Gasteiger partial charge in [0.05, 0.1) is 32.3 Å². The van der Waals surface area contributed by atoms with E-state index in [1.807, 2.05) is 0 Å². The largest absolute Gasteiger partial charge is 0.490 e. The van der Waals surface area contributed by atoms with Crippen molar-refractivity contribution >= 4 is 52.1 Å². The van der Waals surface area contributed by atoms with Crippen molar-refractivity contribution in [3.8, 4) is 0 Å². The molecule has 11 atom stereocenters. The normalized spacial score (nSPS) is 30.7. The van der Waals surface area contributed by atoms with Crippen LogP contribution in [-0.2, 0) is 52.6 Å². The average molecular weight is 815 g/mol. The van der Waals surface area contributed by atoms with Gasteiger partial charge in [0.2, 0.25) is 6.23 Å². The Kier molecular flexibility index (Phi) is 10.7. The number of aromatic nitrogens is 6. The first-order chi connectivity index (χ1) is 24.7. The quantitative estimate of drug-likeness (QED) is 0.0638. The molecule has 3 aromatic rings. The molecule has 6 rings (SSSR count). The van der Waals surface area contributed by atoms with Crippen LogP contribution in [0.2, 0.25) is 0 Å². The predicted octanol–water partition coefficient (Wildman–Crippen LogP) is -2.47. The second-order valence-corrected chi connectivity index (χ2v) is 16.5. The molecule has 0 aliphatic carbocycles. The van der Waals surface area contributed by atoms with Gasteiger partial charge in [-0.2, -0.15) is 8.62 Å². The number of guanidine groups is 1. The number of nitrogens with one attached hydrogen (secondary N) is 2. The van der Waals surface area contributed by atoms with Crippen LogP contribution in [-0.4, -0.2) is 117 Å². The number of nitrogens with zero attached hydrogens (tertiary/aromatic N) is 6. The highest BCUT2D eigenvalue weighted by molar-refractivity contribution is 7.66. The number of methoxy groups -OCH3 is 1. The monoisotopic (exact) mass is 814 g/mol. The third-order valence-electron chi connectivity index (χ3n) is 8.13. The summed E-state index contributed by atoms with van der Waals surface area (Å²) in [6, 6.07) is 0. The van der Waals surface area contributed by atoms with Gasteiger partial charge in [-0.3, -0.25) is 23.0 Å². The van der Waals surface area contributed by atoms with Gasteiger partial charge in [-0.1, -0.05) is 11.6 Å². The Bertz CT molecular complexity index is 2160. The Morgan fingerprint density at radius 2 is 1.66 bits per heavy atom. The van der Waals surface area contributed by atoms with E-state index in [1.165, 1.54) is 35.8 Å². The minimum absolute atomic E-state index is 0.0206. The average Bonchev–Trinajstić information content (AvgIpc) is 3.76. The Morgan fingerprint density at radius 3 is 2.30 bits per heavy atom. The number of ether oxygens (including phenoxy) is 3. The van der Waals surface area contributed by atoms with E-state index in [2.05, 4.69) is 45.0 Å². The zero-order chi connectivity index (χ0) is 38.8. The SMILES string of the molecule is C=C1NC(N)=Nc2c1n(C)c[n+]2[C@@H]1O[C@H](COP(=O)(O)OP(=O)(O)OP(=O)(O)OC[C@H]2O[C@@H](n3cnc4c(=O)[nH]c(C)nc43)[C@@H](O)C2OC)[C@H](O)C1O. The standard InChI is InChI=1S/C24H34N9O17P3/c1-9-14-20(30-24(25)27-9)33(8-31(14)3)22-16(35)15(34)11(47-22)5-45-51(38,39)49-53(42,43)50-52(40,41)46-6-12-18(44-4)17(36)23(48-12)32-7-26-13-19(32)28-10(2)29-21(13)37/h7-8,11-12,15-18,22-23,34-36H,1,5-6H2,2-4H3,(H6-,25,27,28,29,30,37,38,39,40,41,42,43)/p+1/t11-,12-,15+,16?,17+,18?,22-,23-/m1/s1. The summed E-state index contributed by atoms with van der Waals surface area (Å²) in [6.45, 7) is 3.43. The fourth-order valence-corrected chi connectivity index (χ4v) is 9.45. The highest BCUT2D eigenvalue weighted by Gasteiger charge is 2.51. The molecule has 292 valence electrons. The number of imidazole rings is 2. The summed E-state index contributed by atoms with van der Waals surface area (Å²) in [5.74, 6) is 0.408. The Hall–Kier alpha value is -3.26. The molecule has 10 N–H and O–H groups in total. The zero-order valence-corrected chi connectivity index (χ0v) is 30.4. The molecule has 2 saturated heterocycles.